The summed E-state index contributed by atoms with van der Waals surface area (Å²) in [6.45, 7) is 6.87. The molecular weight excluding hydrogens is 317 g/mol. The Morgan fingerprint density at radius 2 is 1.64 bits per heavy atom. The van der Waals surface area contributed by atoms with E-state index in [0.717, 1.165) is 11.1 Å². The third-order valence-electron chi connectivity index (χ3n) is 4.15. The molecule has 0 N–H and O–H groups in total. The van der Waals surface area contributed by atoms with Gasteiger partial charge in [0.1, 0.15) is 5.82 Å². The van der Waals surface area contributed by atoms with Crippen molar-refractivity contribution in [2.45, 2.75) is 32.7 Å². The maximum absolute atomic E-state index is 13.1. The molecule has 2 aromatic carbocycles. The van der Waals surface area contributed by atoms with E-state index in [1.165, 1.54) is 17.7 Å². The first-order valence-electron chi connectivity index (χ1n) is 8.12. The lowest BCUT2D eigenvalue weighted by atomic mass is 9.87. The smallest absolute Gasteiger partial charge is 0.197 e. The fourth-order valence-electron chi connectivity index (χ4n) is 2.66. The summed E-state index contributed by atoms with van der Waals surface area (Å²) < 4.78 is 14.8. The first kappa shape index (κ1) is 17.0. The molecule has 0 unspecified atom stereocenters. The largest absolute Gasteiger partial charge is 0.300 e. The summed E-state index contributed by atoms with van der Waals surface area (Å²) in [5, 5.41) is 8.14. The number of benzene rings is 2. The molecule has 0 bridgehead atoms. The van der Waals surface area contributed by atoms with Crippen LogP contribution in [0.5, 0.6) is 0 Å². The van der Waals surface area contributed by atoms with E-state index in [9.17, 15) is 9.18 Å². The number of aldehydes is 1. The number of aromatic nitrogens is 3. The molecule has 0 fully saturated rings. The van der Waals surface area contributed by atoms with Crippen molar-refractivity contribution < 1.29 is 9.18 Å². The maximum Gasteiger partial charge on any atom is 0.197 e. The number of nitrogens with zero attached hydrogens (tertiary/aromatic N) is 3. The minimum Gasteiger partial charge on any atom is -0.300 e. The molecule has 0 aliphatic heterocycles. The van der Waals surface area contributed by atoms with Crippen LogP contribution >= 0.6 is 0 Å². The number of carbonyl (C=O) groups is 1. The predicted molar refractivity (Wildman–Crippen MR) is 95.0 cm³/mol. The molecule has 1 heterocycles. The van der Waals surface area contributed by atoms with Gasteiger partial charge in [0.2, 0.25) is 0 Å². The van der Waals surface area contributed by atoms with Gasteiger partial charge >= 0.3 is 0 Å². The summed E-state index contributed by atoms with van der Waals surface area (Å²) in [5.41, 5.74) is 3.04. The molecule has 3 rings (SSSR count). The molecule has 1 aromatic heterocycles. The Bertz CT molecular complexity index is 875. The number of halogens is 1. The molecule has 0 radical (unpaired) electrons. The average Bonchev–Trinajstić information content (AvgIpc) is 2.99. The third kappa shape index (κ3) is 3.65. The average molecular weight is 337 g/mol. The van der Waals surface area contributed by atoms with Crippen molar-refractivity contribution in [3.8, 4) is 11.4 Å². The van der Waals surface area contributed by atoms with Crippen LogP contribution in [-0.4, -0.2) is 21.1 Å². The second-order valence-corrected chi connectivity index (χ2v) is 7.04. The third-order valence-corrected chi connectivity index (χ3v) is 4.15. The zero-order valence-electron chi connectivity index (χ0n) is 14.5. The van der Waals surface area contributed by atoms with Gasteiger partial charge in [-0.25, -0.2) is 4.39 Å². The van der Waals surface area contributed by atoms with E-state index in [1.54, 1.807) is 16.7 Å². The molecule has 0 spiro atoms. The molecule has 0 aliphatic rings. The van der Waals surface area contributed by atoms with E-state index in [4.69, 9.17) is 0 Å². The molecule has 25 heavy (non-hydrogen) atoms. The van der Waals surface area contributed by atoms with Crippen LogP contribution in [0.1, 0.15) is 42.5 Å². The highest BCUT2D eigenvalue weighted by atomic mass is 19.1. The van der Waals surface area contributed by atoms with Crippen molar-refractivity contribution in [1.29, 1.82) is 0 Å². The molecule has 128 valence electrons. The van der Waals surface area contributed by atoms with E-state index in [1.807, 2.05) is 12.1 Å². The van der Waals surface area contributed by atoms with Gasteiger partial charge in [0.05, 0.1) is 6.54 Å². The number of rotatable bonds is 4. The summed E-state index contributed by atoms with van der Waals surface area (Å²) in [5.74, 6) is 0.576. The lowest BCUT2D eigenvalue weighted by Crippen LogP contribution is -2.11. The van der Waals surface area contributed by atoms with Crippen molar-refractivity contribution in [3.63, 3.8) is 0 Å². The summed E-state index contributed by atoms with van der Waals surface area (Å²) in [4.78, 5) is 11.3. The van der Waals surface area contributed by atoms with Gasteiger partial charge in [-0.2, -0.15) is 0 Å². The van der Waals surface area contributed by atoms with E-state index < -0.39 is 0 Å². The fourth-order valence-corrected chi connectivity index (χ4v) is 2.66. The van der Waals surface area contributed by atoms with Gasteiger partial charge in [-0.3, -0.25) is 4.79 Å². The van der Waals surface area contributed by atoms with Gasteiger partial charge in [-0.15, -0.1) is 10.2 Å². The first-order valence-corrected chi connectivity index (χ1v) is 8.12. The monoisotopic (exact) mass is 337 g/mol. The highest BCUT2D eigenvalue weighted by molar-refractivity contribution is 5.71. The van der Waals surface area contributed by atoms with Gasteiger partial charge in [-0.1, -0.05) is 57.2 Å². The van der Waals surface area contributed by atoms with Crippen molar-refractivity contribution in [3.05, 3.63) is 71.3 Å². The van der Waals surface area contributed by atoms with Gasteiger partial charge in [0.15, 0.2) is 17.9 Å². The molecule has 0 saturated heterocycles. The summed E-state index contributed by atoms with van der Waals surface area (Å²) >= 11 is 0. The summed E-state index contributed by atoms with van der Waals surface area (Å²) in [7, 11) is 0. The van der Waals surface area contributed by atoms with Crippen LogP contribution < -0.4 is 0 Å². The molecule has 4 nitrogen and oxygen atoms in total. The fraction of sp³-hybridized carbons (Fsp3) is 0.250. The lowest BCUT2D eigenvalue weighted by molar-refractivity contribution is 0.111. The molecular formula is C20H20FN3O. The van der Waals surface area contributed by atoms with Crippen LogP contribution in [0.4, 0.5) is 4.39 Å². The van der Waals surface area contributed by atoms with Crippen LogP contribution in [0.3, 0.4) is 0 Å². The first-order chi connectivity index (χ1) is 11.9. The molecule has 0 saturated carbocycles. The molecule has 0 atom stereocenters. The summed E-state index contributed by atoms with van der Waals surface area (Å²) in [6, 6.07) is 14.3. The van der Waals surface area contributed by atoms with Crippen molar-refractivity contribution in [1.82, 2.24) is 14.8 Å². The standard InChI is InChI=1S/C20H20FN3O/c1-20(2,3)16-8-6-15(7-9-16)19-23-22-18(13-25)24(19)12-14-4-10-17(21)11-5-14/h4-11,13H,12H2,1-3H3. The maximum atomic E-state index is 13.1. The van der Waals surface area contributed by atoms with Gasteiger partial charge in [-0.05, 0) is 28.7 Å². The Labute approximate surface area is 146 Å². The van der Waals surface area contributed by atoms with Gasteiger partial charge in [0.25, 0.3) is 0 Å². The number of hydrogen-bond acceptors (Lipinski definition) is 3. The second kappa shape index (κ2) is 6.59. The van der Waals surface area contributed by atoms with E-state index in [-0.39, 0.29) is 17.1 Å². The van der Waals surface area contributed by atoms with E-state index in [0.29, 0.717) is 18.7 Å². The van der Waals surface area contributed by atoms with E-state index in [2.05, 4.69) is 43.1 Å². The van der Waals surface area contributed by atoms with Crippen LogP contribution in [0.2, 0.25) is 0 Å². The molecule has 0 aliphatic carbocycles. The molecule has 5 heteroatoms. The topological polar surface area (TPSA) is 47.8 Å². The minimum absolute atomic E-state index is 0.0638. The Kier molecular flexibility index (Phi) is 4.49. The van der Waals surface area contributed by atoms with Crippen molar-refractivity contribution >= 4 is 6.29 Å². The summed E-state index contributed by atoms with van der Waals surface area (Å²) in [6.07, 6.45) is 0.684. The molecule has 3 aromatic rings. The second-order valence-electron chi connectivity index (χ2n) is 7.04. The van der Waals surface area contributed by atoms with E-state index >= 15 is 0 Å². The zero-order valence-corrected chi connectivity index (χ0v) is 14.5. The quantitative estimate of drug-likeness (QED) is 0.669. The Morgan fingerprint density at radius 1 is 1.00 bits per heavy atom. The van der Waals surface area contributed by atoms with Crippen LogP contribution in [0.25, 0.3) is 11.4 Å². The highest BCUT2D eigenvalue weighted by Gasteiger charge is 2.16. The Balaban J connectivity index is 1.98. The Hall–Kier alpha value is -2.82. The van der Waals surface area contributed by atoms with Gasteiger partial charge in [0, 0.05) is 5.56 Å². The minimum atomic E-state index is -0.291. The number of hydrogen-bond donors (Lipinski definition) is 0. The lowest BCUT2D eigenvalue weighted by Gasteiger charge is -2.19. The highest BCUT2D eigenvalue weighted by Crippen LogP contribution is 2.26. The predicted octanol–water partition coefficient (Wildman–Crippen LogP) is 4.24. The number of carbonyl (C=O) groups excluding carboxylic acids is 1. The van der Waals surface area contributed by atoms with Gasteiger partial charge < -0.3 is 4.57 Å². The van der Waals surface area contributed by atoms with Crippen molar-refractivity contribution in [2.75, 3.05) is 0 Å². The SMILES string of the molecule is CC(C)(C)c1ccc(-c2nnc(C=O)n2Cc2ccc(F)cc2)cc1. The van der Waals surface area contributed by atoms with Crippen molar-refractivity contribution in [2.24, 2.45) is 0 Å². The van der Waals surface area contributed by atoms with Crippen LogP contribution in [-0.2, 0) is 12.0 Å². The Morgan fingerprint density at radius 3 is 2.20 bits per heavy atom. The van der Waals surface area contributed by atoms with Crippen LogP contribution in [0, 0.1) is 5.82 Å². The normalized spacial score (nSPS) is 11.5. The van der Waals surface area contributed by atoms with Crippen LogP contribution in [0.15, 0.2) is 48.5 Å². The molecule has 0 amide bonds. The zero-order chi connectivity index (χ0) is 18.0.